The number of furan rings is 1. The average Bonchev–Trinajstić information content (AvgIpc) is 3.29. The second kappa shape index (κ2) is 10.8. The van der Waals surface area contributed by atoms with Crippen LogP contribution >= 0.6 is 0 Å². The zero-order valence-electron chi connectivity index (χ0n) is 18.1. The Morgan fingerprint density at radius 2 is 1.88 bits per heavy atom. The molecular formula is C25H24N2O5. The maximum absolute atomic E-state index is 12.1. The fraction of sp³-hybridized carbons (Fsp3) is 0.160. The average molecular weight is 432 g/mol. The Kier molecular flexibility index (Phi) is 7.59. The van der Waals surface area contributed by atoms with Crippen LogP contribution in [0.4, 0.5) is 0 Å². The van der Waals surface area contributed by atoms with Gasteiger partial charge in [0.05, 0.1) is 12.5 Å². The molecule has 0 radical (unpaired) electrons. The Balaban J connectivity index is 1.50. The van der Waals surface area contributed by atoms with Gasteiger partial charge in [-0.25, -0.2) is 10.2 Å². The molecule has 0 fully saturated rings. The molecule has 2 aromatic carbocycles. The molecule has 0 saturated carbocycles. The van der Waals surface area contributed by atoms with Crippen LogP contribution in [0, 0.1) is 20.8 Å². The smallest absolute Gasteiger partial charge is 0.336 e. The summed E-state index contributed by atoms with van der Waals surface area (Å²) in [5.41, 5.74) is 6.15. The van der Waals surface area contributed by atoms with Crippen LogP contribution in [-0.4, -0.2) is 24.7 Å². The highest BCUT2D eigenvalue weighted by Gasteiger charge is 2.09. The summed E-state index contributed by atoms with van der Waals surface area (Å²) in [6.45, 7) is 5.74. The van der Waals surface area contributed by atoms with Crippen molar-refractivity contribution in [3.05, 3.63) is 88.9 Å². The van der Waals surface area contributed by atoms with Crippen LogP contribution < -0.4 is 14.9 Å². The van der Waals surface area contributed by atoms with Gasteiger partial charge in [0.2, 0.25) is 0 Å². The van der Waals surface area contributed by atoms with Crippen molar-refractivity contribution in [2.75, 3.05) is 6.61 Å². The normalized spacial score (nSPS) is 11.1. The minimum atomic E-state index is -0.539. The van der Waals surface area contributed by atoms with E-state index in [0.29, 0.717) is 22.8 Å². The van der Waals surface area contributed by atoms with Crippen molar-refractivity contribution in [3.63, 3.8) is 0 Å². The number of hydrogen-bond donors (Lipinski definition) is 1. The second-order valence-electron chi connectivity index (χ2n) is 7.08. The van der Waals surface area contributed by atoms with Crippen LogP contribution in [-0.2, 0) is 9.59 Å². The molecule has 0 atom stereocenters. The number of rotatable bonds is 8. The minimum absolute atomic E-state index is 0.151. The molecule has 0 aliphatic heterocycles. The van der Waals surface area contributed by atoms with E-state index in [1.807, 2.05) is 32.9 Å². The number of hydrazone groups is 1. The Morgan fingerprint density at radius 1 is 1.06 bits per heavy atom. The third-order valence-corrected chi connectivity index (χ3v) is 4.63. The van der Waals surface area contributed by atoms with Crippen LogP contribution in [0.1, 0.15) is 28.0 Å². The Morgan fingerprint density at radius 3 is 2.66 bits per heavy atom. The fourth-order valence-corrected chi connectivity index (χ4v) is 2.84. The van der Waals surface area contributed by atoms with Gasteiger partial charge in [0.15, 0.2) is 6.61 Å². The molecule has 164 valence electrons. The summed E-state index contributed by atoms with van der Waals surface area (Å²) in [4.78, 5) is 24.0. The van der Waals surface area contributed by atoms with Crippen LogP contribution in [0.3, 0.4) is 0 Å². The van der Waals surface area contributed by atoms with E-state index < -0.39 is 5.97 Å². The summed E-state index contributed by atoms with van der Waals surface area (Å²) in [5.74, 6) is 0.688. The van der Waals surface area contributed by atoms with Crippen molar-refractivity contribution in [1.29, 1.82) is 0 Å². The SMILES string of the molecule is Cc1ccc(C)c(OCC(=O)NN=Cc2cccc(OC(=O)C=Cc3ccco3)c2)c1C. The Hall–Kier alpha value is -4.13. The molecule has 1 aromatic heterocycles. The summed E-state index contributed by atoms with van der Waals surface area (Å²) in [5, 5.41) is 3.94. The molecule has 1 N–H and O–H groups in total. The summed E-state index contributed by atoms with van der Waals surface area (Å²) < 4.78 is 16.1. The Bertz CT molecular complexity index is 1150. The lowest BCUT2D eigenvalue weighted by atomic mass is 10.1. The summed E-state index contributed by atoms with van der Waals surface area (Å²) in [6, 6.07) is 14.2. The van der Waals surface area contributed by atoms with Gasteiger partial charge in [0.25, 0.3) is 5.91 Å². The lowest BCUT2D eigenvalue weighted by Gasteiger charge is -2.13. The molecule has 1 amide bonds. The first-order valence-electron chi connectivity index (χ1n) is 9.97. The molecule has 7 nitrogen and oxygen atoms in total. The molecule has 32 heavy (non-hydrogen) atoms. The van der Waals surface area contributed by atoms with Crippen molar-refractivity contribution in [1.82, 2.24) is 5.43 Å². The highest BCUT2D eigenvalue weighted by Crippen LogP contribution is 2.25. The van der Waals surface area contributed by atoms with Gasteiger partial charge in [-0.05, 0) is 73.4 Å². The first-order chi connectivity index (χ1) is 15.4. The number of ether oxygens (including phenoxy) is 2. The fourth-order valence-electron chi connectivity index (χ4n) is 2.84. The molecule has 1 heterocycles. The third kappa shape index (κ3) is 6.43. The van der Waals surface area contributed by atoms with E-state index in [1.54, 1.807) is 36.4 Å². The molecule has 3 rings (SSSR count). The van der Waals surface area contributed by atoms with E-state index in [1.165, 1.54) is 24.6 Å². The van der Waals surface area contributed by atoms with Crippen LogP contribution in [0.2, 0.25) is 0 Å². The van der Waals surface area contributed by atoms with Gasteiger partial charge in [-0.3, -0.25) is 4.79 Å². The summed E-state index contributed by atoms with van der Waals surface area (Å²) in [6.07, 6.45) is 5.77. The van der Waals surface area contributed by atoms with Crippen LogP contribution in [0.15, 0.2) is 70.4 Å². The van der Waals surface area contributed by atoms with Crippen molar-refractivity contribution < 1.29 is 23.5 Å². The van der Waals surface area contributed by atoms with Crippen molar-refractivity contribution in [2.24, 2.45) is 5.10 Å². The molecule has 0 unspecified atom stereocenters. The minimum Gasteiger partial charge on any atom is -0.483 e. The van der Waals surface area contributed by atoms with E-state index in [9.17, 15) is 9.59 Å². The van der Waals surface area contributed by atoms with E-state index in [4.69, 9.17) is 13.9 Å². The van der Waals surface area contributed by atoms with Gasteiger partial charge in [-0.1, -0.05) is 24.3 Å². The first-order valence-corrected chi connectivity index (χ1v) is 9.97. The van der Waals surface area contributed by atoms with Gasteiger partial charge < -0.3 is 13.9 Å². The number of carbonyl (C=O) groups excluding carboxylic acids is 2. The number of nitrogens with zero attached hydrogens (tertiary/aromatic N) is 1. The highest BCUT2D eigenvalue weighted by molar-refractivity contribution is 5.89. The molecule has 0 saturated heterocycles. The van der Waals surface area contributed by atoms with Crippen molar-refractivity contribution in [3.8, 4) is 11.5 Å². The number of nitrogens with one attached hydrogen (secondary N) is 1. The zero-order valence-corrected chi connectivity index (χ0v) is 18.1. The van der Waals surface area contributed by atoms with Gasteiger partial charge >= 0.3 is 5.97 Å². The lowest BCUT2D eigenvalue weighted by Crippen LogP contribution is -2.25. The summed E-state index contributed by atoms with van der Waals surface area (Å²) >= 11 is 0. The maximum atomic E-state index is 12.1. The number of aryl methyl sites for hydroxylation is 2. The number of amides is 1. The number of carbonyl (C=O) groups is 2. The Labute approximate surface area is 186 Å². The van der Waals surface area contributed by atoms with Crippen molar-refractivity contribution >= 4 is 24.2 Å². The van der Waals surface area contributed by atoms with Gasteiger partial charge in [0, 0.05) is 6.08 Å². The van der Waals surface area contributed by atoms with E-state index in [0.717, 1.165) is 16.7 Å². The largest absolute Gasteiger partial charge is 0.483 e. The molecule has 0 spiro atoms. The predicted octanol–water partition coefficient (Wildman–Crippen LogP) is 4.35. The quantitative estimate of drug-likeness (QED) is 0.188. The molecular weight excluding hydrogens is 408 g/mol. The number of hydrogen-bond acceptors (Lipinski definition) is 6. The number of benzene rings is 2. The second-order valence-corrected chi connectivity index (χ2v) is 7.08. The van der Waals surface area contributed by atoms with Crippen LogP contribution in [0.5, 0.6) is 11.5 Å². The van der Waals surface area contributed by atoms with Crippen molar-refractivity contribution in [2.45, 2.75) is 20.8 Å². The van der Waals surface area contributed by atoms with Crippen LogP contribution in [0.25, 0.3) is 6.08 Å². The zero-order chi connectivity index (χ0) is 22.9. The number of esters is 1. The standard InChI is InChI=1S/C25H24N2O5/c1-17-9-10-18(2)25(19(17)3)31-16-23(28)27-26-15-20-6-4-7-22(14-20)32-24(29)12-11-21-8-5-13-30-21/h4-15H,16H2,1-3H3,(H,27,28). The molecule has 0 bridgehead atoms. The van der Waals surface area contributed by atoms with Gasteiger partial charge in [-0.2, -0.15) is 5.10 Å². The molecule has 0 aliphatic carbocycles. The van der Waals surface area contributed by atoms with Gasteiger partial charge in [0.1, 0.15) is 17.3 Å². The maximum Gasteiger partial charge on any atom is 0.336 e. The van der Waals surface area contributed by atoms with E-state index in [2.05, 4.69) is 10.5 Å². The molecule has 7 heteroatoms. The monoisotopic (exact) mass is 432 g/mol. The molecule has 0 aliphatic rings. The third-order valence-electron chi connectivity index (χ3n) is 4.63. The highest BCUT2D eigenvalue weighted by atomic mass is 16.5. The topological polar surface area (TPSA) is 90.1 Å². The van der Waals surface area contributed by atoms with Gasteiger partial charge in [-0.15, -0.1) is 0 Å². The molecule has 3 aromatic rings. The van der Waals surface area contributed by atoms with E-state index in [-0.39, 0.29) is 12.5 Å². The lowest BCUT2D eigenvalue weighted by molar-refractivity contribution is -0.129. The first kappa shape index (κ1) is 22.6. The van der Waals surface area contributed by atoms with E-state index >= 15 is 0 Å². The predicted molar refractivity (Wildman–Crippen MR) is 122 cm³/mol. The summed E-state index contributed by atoms with van der Waals surface area (Å²) in [7, 11) is 0.